The molecular weight excluding hydrogens is 222 g/mol. The van der Waals surface area contributed by atoms with Gasteiger partial charge < -0.3 is 10.1 Å². The van der Waals surface area contributed by atoms with Crippen molar-refractivity contribution in [1.82, 2.24) is 5.32 Å². The fourth-order valence-corrected chi connectivity index (χ4v) is 1.71. The van der Waals surface area contributed by atoms with E-state index in [1.807, 2.05) is 6.92 Å². The largest absolute Gasteiger partial charge is 0.496 e. The summed E-state index contributed by atoms with van der Waals surface area (Å²) in [6.45, 7) is 2.67. The number of nitro benzene ring substituents is 1. The van der Waals surface area contributed by atoms with Gasteiger partial charge in [0, 0.05) is 18.2 Å². The van der Waals surface area contributed by atoms with Crippen LogP contribution in [0.1, 0.15) is 12.5 Å². The van der Waals surface area contributed by atoms with Gasteiger partial charge in [0.25, 0.3) is 5.69 Å². The molecule has 1 aromatic carbocycles. The second-order valence-electron chi connectivity index (χ2n) is 3.88. The number of benzene rings is 1. The van der Waals surface area contributed by atoms with Crippen LogP contribution in [-0.4, -0.2) is 30.5 Å². The first-order chi connectivity index (χ1) is 8.11. The maximum atomic E-state index is 10.7. The molecule has 0 spiro atoms. The Labute approximate surface area is 98.5 Å². The number of nitrogens with zero attached hydrogens (tertiary/aromatic N) is 2. The highest BCUT2D eigenvalue weighted by Crippen LogP contribution is 2.25. The van der Waals surface area contributed by atoms with Crippen molar-refractivity contribution >= 4 is 11.5 Å². The summed E-state index contributed by atoms with van der Waals surface area (Å²) in [7, 11) is 1.53. The van der Waals surface area contributed by atoms with Gasteiger partial charge in [-0.15, -0.1) is 0 Å². The van der Waals surface area contributed by atoms with Crippen LogP contribution < -0.4 is 10.1 Å². The second-order valence-corrected chi connectivity index (χ2v) is 3.88. The summed E-state index contributed by atoms with van der Waals surface area (Å²) in [5, 5.41) is 13.9. The molecule has 1 aliphatic heterocycles. The molecule has 1 heterocycles. The smallest absolute Gasteiger partial charge is 0.270 e. The fourth-order valence-electron chi connectivity index (χ4n) is 1.71. The van der Waals surface area contributed by atoms with E-state index in [1.54, 1.807) is 6.07 Å². The van der Waals surface area contributed by atoms with Crippen LogP contribution in [0.3, 0.4) is 0 Å². The first kappa shape index (κ1) is 11.4. The monoisotopic (exact) mass is 235 g/mol. The summed E-state index contributed by atoms with van der Waals surface area (Å²) >= 11 is 0. The lowest BCUT2D eigenvalue weighted by atomic mass is 10.1. The van der Waals surface area contributed by atoms with Crippen LogP contribution in [0.2, 0.25) is 0 Å². The Hall–Kier alpha value is -2.11. The lowest BCUT2D eigenvalue weighted by Crippen LogP contribution is -2.28. The lowest BCUT2D eigenvalue weighted by molar-refractivity contribution is -0.384. The standard InChI is InChI=1S/C11H13N3O3/c1-7-6-12-11(13-7)9-5-8(14(15)16)3-4-10(9)17-2/h3-5,7H,6H2,1-2H3,(H,12,13). The molecule has 1 aliphatic rings. The molecule has 90 valence electrons. The Morgan fingerprint density at radius 1 is 1.59 bits per heavy atom. The van der Waals surface area contributed by atoms with Crippen LogP contribution in [0.25, 0.3) is 0 Å². The molecule has 2 rings (SSSR count). The van der Waals surface area contributed by atoms with Crippen LogP contribution in [0.4, 0.5) is 5.69 Å². The summed E-state index contributed by atoms with van der Waals surface area (Å²) < 4.78 is 5.18. The van der Waals surface area contributed by atoms with E-state index in [4.69, 9.17) is 4.74 Å². The van der Waals surface area contributed by atoms with Gasteiger partial charge in [-0.05, 0) is 13.0 Å². The van der Waals surface area contributed by atoms with E-state index in [0.717, 1.165) is 0 Å². The average Bonchev–Trinajstić information content (AvgIpc) is 2.74. The first-order valence-electron chi connectivity index (χ1n) is 5.25. The number of ether oxygens (including phenoxy) is 1. The molecule has 0 aliphatic carbocycles. The van der Waals surface area contributed by atoms with Gasteiger partial charge in [0.1, 0.15) is 11.6 Å². The predicted molar refractivity (Wildman–Crippen MR) is 63.7 cm³/mol. The Morgan fingerprint density at radius 3 is 2.88 bits per heavy atom. The molecule has 17 heavy (non-hydrogen) atoms. The Bertz CT molecular complexity index is 485. The molecule has 6 heteroatoms. The van der Waals surface area contributed by atoms with E-state index in [9.17, 15) is 10.1 Å². The number of nitrogens with one attached hydrogen (secondary N) is 1. The Morgan fingerprint density at radius 2 is 2.35 bits per heavy atom. The number of non-ortho nitro benzene ring substituents is 1. The number of methoxy groups -OCH3 is 1. The van der Waals surface area contributed by atoms with E-state index >= 15 is 0 Å². The minimum Gasteiger partial charge on any atom is -0.496 e. The van der Waals surface area contributed by atoms with Gasteiger partial charge in [0.2, 0.25) is 0 Å². The number of aliphatic imine (C=N–C) groups is 1. The van der Waals surface area contributed by atoms with Crippen molar-refractivity contribution in [3.63, 3.8) is 0 Å². The number of nitro groups is 1. The molecule has 0 saturated carbocycles. The fraction of sp³-hybridized carbons (Fsp3) is 0.364. The van der Waals surface area contributed by atoms with Gasteiger partial charge in [-0.3, -0.25) is 15.1 Å². The van der Waals surface area contributed by atoms with Gasteiger partial charge in [0.05, 0.1) is 24.1 Å². The SMILES string of the molecule is COc1ccc([N+](=O)[O-])cc1C1=NCC(C)N1. The number of rotatable bonds is 3. The molecular formula is C11H13N3O3. The maximum Gasteiger partial charge on any atom is 0.270 e. The predicted octanol–water partition coefficient (Wildman–Crippen LogP) is 1.34. The van der Waals surface area contributed by atoms with E-state index in [-0.39, 0.29) is 11.7 Å². The molecule has 0 amide bonds. The number of hydrogen-bond acceptors (Lipinski definition) is 5. The van der Waals surface area contributed by atoms with Crippen molar-refractivity contribution in [2.24, 2.45) is 4.99 Å². The Balaban J connectivity index is 2.43. The van der Waals surface area contributed by atoms with Crippen LogP contribution >= 0.6 is 0 Å². The third kappa shape index (κ3) is 2.20. The first-order valence-corrected chi connectivity index (χ1v) is 5.25. The molecule has 0 aromatic heterocycles. The number of amidine groups is 1. The molecule has 0 fully saturated rings. The van der Waals surface area contributed by atoms with E-state index in [0.29, 0.717) is 23.7 Å². The normalized spacial score (nSPS) is 18.5. The van der Waals surface area contributed by atoms with Crippen molar-refractivity contribution in [3.8, 4) is 5.75 Å². The molecule has 1 N–H and O–H groups in total. The van der Waals surface area contributed by atoms with Crippen molar-refractivity contribution in [2.45, 2.75) is 13.0 Å². The maximum absolute atomic E-state index is 10.7. The zero-order valence-electron chi connectivity index (χ0n) is 9.64. The topological polar surface area (TPSA) is 76.8 Å². The van der Waals surface area contributed by atoms with Gasteiger partial charge >= 0.3 is 0 Å². The average molecular weight is 235 g/mol. The summed E-state index contributed by atoms with van der Waals surface area (Å²) in [6, 6.07) is 4.72. The third-order valence-corrected chi connectivity index (χ3v) is 2.56. The zero-order chi connectivity index (χ0) is 12.4. The van der Waals surface area contributed by atoms with Crippen LogP contribution in [-0.2, 0) is 0 Å². The summed E-state index contributed by atoms with van der Waals surface area (Å²) in [6.07, 6.45) is 0. The molecule has 6 nitrogen and oxygen atoms in total. The van der Waals surface area contributed by atoms with Crippen LogP contribution in [0, 0.1) is 10.1 Å². The summed E-state index contributed by atoms with van der Waals surface area (Å²) in [5.74, 6) is 1.23. The summed E-state index contributed by atoms with van der Waals surface area (Å²) in [4.78, 5) is 14.6. The highest BCUT2D eigenvalue weighted by Gasteiger charge is 2.20. The van der Waals surface area contributed by atoms with Crippen molar-refractivity contribution in [1.29, 1.82) is 0 Å². The van der Waals surface area contributed by atoms with Crippen molar-refractivity contribution < 1.29 is 9.66 Å². The molecule has 0 radical (unpaired) electrons. The molecule has 0 saturated heterocycles. The molecule has 1 aromatic rings. The van der Waals surface area contributed by atoms with Gasteiger partial charge in [-0.1, -0.05) is 0 Å². The van der Waals surface area contributed by atoms with Crippen LogP contribution in [0.15, 0.2) is 23.2 Å². The summed E-state index contributed by atoms with van der Waals surface area (Å²) in [5.41, 5.74) is 0.663. The minimum atomic E-state index is -0.429. The van der Waals surface area contributed by atoms with E-state index in [1.165, 1.54) is 19.2 Å². The highest BCUT2D eigenvalue weighted by atomic mass is 16.6. The van der Waals surface area contributed by atoms with Gasteiger partial charge in [0.15, 0.2) is 0 Å². The lowest BCUT2D eigenvalue weighted by Gasteiger charge is -2.10. The van der Waals surface area contributed by atoms with Gasteiger partial charge in [-0.2, -0.15) is 0 Å². The van der Waals surface area contributed by atoms with E-state index in [2.05, 4.69) is 10.3 Å². The third-order valence-electron chi connectivity index (χ3n) is 2.56. The van der Waals surface area contributed by atoms with Crippen molar-refractivity contribution in [2.75, 3.05) is 13.7 Å². The van der Waals surface area contributed by atoms with Crippen molar-refractivity contribution in [3.05, 3.63) is 33.9 Å². The highest BCUT2D eigenvalue weighted by molar-refractivity contribution is 6.02. The van der Waals surface area contributed by atoms with E-state index < -0.39 is 4.92 Å². The second kappa shape index (κ2) is 4.40. The minimum absolute atomic E-state index is 0.0323. The molecule has 1 atom stereocenters. The van der Waals surface area contributed by atoms with Crippen LogP contribution in [0.5, 0.6) is 5.75 Å². The molecule has 0 bridgehead atoms. The molecule has 1 unspecified atom stereocenters. The quantitative estimate of drug-likeness (QED) is 0.633. The zero-order valence-corrected chi connectivity index (χ0v) is 9.64. The number of hydrogen-bond donors (Lipinski definition) is 1. The van der Waals surface area contributed by atoms with Gasteiger partial charge in [-0.25, -0.2) is 0 Å². The Kier molecular flexibility index (Phi) is 2.95.